The Bertz CT molecular complexity index is 421. The Kier molecular flexibility index (Phi) is 5.09. The van der Waals surface area contributed by atoms with Gasteiger partial charge in [0.2, 0.25) is 5.56 Å². The zero-order valence-electron chi connectivity index (χ0n) is 10.8. The van der Waals surface area contributed by atoms with Crippen molar-refractivity contribution in [3.05, 3.63) is 34.2 Å². The fourth-order valence-corrected chi connectivity index (χ4v) is 1.70. The molecule has 0 radical (unpaired) electrons. The van der Waals surface area contributed by atoms with Crippen molar-refractivity contribution in [1.29, 1.82) is 0 Å². The number of carbonyl (C=O) groups excluding carboxylic acids is 1. The third-order valence-corrected chi connectivity index (χ3v) is 3.51. The van der Waals surface area contributed by atoms with E-state index in [2.05, 4.69) is 10.3 Å². The van der Waals surface area contributed by atoms with E-state index >= 15 is 0 Å². The van der Waals surface area contributed by atoms with Crippen LogP contribution in [0.5, 0.6) is 0 Å². The van der Waals surface area contributed by atoms with Gasteiger partial charge in [0.05, 0.1) is 12.2 Å². The lowest BCUT2D eigenvalue weighted by Crippen LogP contribution is -2.39. The van der Waals surface area contributed by atoms with Crippen molar-refractivity contribution < 1.29 is 9.90 Å². The van der Waals surface area contributed by atoms with Crippen molar-refractivity contribution in [2.75, 3.05) is 13.2 Å². The molecule has 0 aliphatic carbocycles. The first-order valence-corrected chi connectivity index (χ1v) is 6.14. The summed E-state index contributed by atoms with van der Waals surface area (Å²) in [6.45, 7) is 4.46. The Morgan fingerprint density at radius 3 is 2.50 bits per heavy atom. The molecule has 100 valence electrons. The number of nitrogens with one attached hydrogen (secondary N) is 2. The molecule has 5 heteroatoms. The molecule has 0 atom stereocenters. The first-order valence-electron chi connectivity index (χ1n) is 6.14. The average molecular weight is 252 g/mol. The molecule has 0 saturated heterocycles. The van der Waals surface area contributed by atoms with Crippen LogP contribution in [-0.2, 0) is 0 Å². The summed E-state index contributed by atoms with van der Waals surface area (Å²) in [5, 5.41) is 12.2. The first-order chi connectivity index (χ1) is 8.56. The van der Waals surface area contributed by atoms with Gasteiger partial charge in [0.1, 0.15) is 0 Å². The van der Waals surface area contributed by atoms with Gasteiger partial charge in [-0.1, -0.05) is 13.8 Å². The topological polar surface area (TPSA) is 82.2 Å². The fraction of sp³-hybridized carbons (Fsp3) is 0.538. The van der Waals surface area contributed by atoms with Crippen LogP contribution in [0.1, 0.15) is 37.0 Å². The number of aromatic amines is 1. The molecule has 0 aliphatic heterocycles. The van der Waals surface area contributed by atoms with Gasteiger partial charge in [-0.05, 0) is 18.9 Å². The second-order valence-electron chi connectivity index (χ2n) is 4.49. The lowest BCUT2D eigenvalue weighted by Gasteiger charge is -2.29. The molecule has 0 saturated carbocycles. The van der Waals surface area contributed by atoms with E-state index in [9.17, 15) is 14.7 Å². The van der Waals surface area contributed by atoms with E-state index < -0.39 is 0 Å². The van der Waals surface area contributed by atoms with Crippen LogP contribution in [-0.4, -0.2) is 29.1 Å². The smallest absolute Gasteiger partial charge is 0.252 e. The Hall–Kier alpha value is -1.62. The number of pyridine rings is 1. The Morgan fingerprint density at radius 2 is 2.06 bits per heavy atom. The van der Waals surface area contributed by atoms with Crippen molar-refractivity contribution in [1.82, 2.24) is 10.3 Å². The molecule has 0 bridgehead atoms. The van der Waals surface area contributed by atoms with E-state index in [4.69, 9.17) is 0 Å². The van der Waals surface area contributed by atoms with E-state index in [1.54, 1.807) is 0 Å². The molecule has 1 rings (SSSR count). The maximum Gasteiger partial charge on any atom is 0.252 e. The van der Waals surface area contributed by atoms with E-state index in [1.165, 1.54) is 18.3 Å². The van der Waals surface area contributed by atoms with Gasteiger partial charge in [-0.15, -0.1) is 0 Å². The SMILES string of the molecule is CCC(CC)(CO)CNC(=O)c1ccc(=O)[nH]c1. The minimum absolute atomic E-state index is 0.0475. The highest BCUT2D eigenvalue weighted by Gasteiger charge is 2.25. The van der Waals surface area contributed by atoms with Gasteiger partial charge < -0.3 is 15.4 Å². The normalized spacial score (nSPS) is 11.3. The molecule has 5 nitrogen and oxygen atoms in total. The summed E-state index contributed by atoms with van der Waals surface area (Å²) in [5.74, 6) is -0.244. The lowest BCUT2D eigenvalue weighted by molar-refractivity contribution is 0.0850. The van der Waals surface area contributed by atoms with Crippen LogP contribution in [0.2, 0.25) is 0 Å². The van der Waals surface area contributed by atoms with Gasteiger partial charge in [0.25, 0.3) is 5.91 Å². The summed E-state index contributed by atoms with van der Waals surface area (Å²) in [4.78, 5) is 25.2. The van der Waals surface area contributed by atoms with E-state index in [-0.39, 0.29) is 23.5 Å². The number of hydrogen-bond donors (Lipinski definition) is 3. The maximum absolute atomic E-state index is 11.8. The summed E-state index contributed by atoms with van der Waals surface area (Å²) >= 11 is 0. The standard InChI is InChI=1S/C13H20N2O3/c1-3-13(4-2,9-16)8-15-12(18)10-5-6-11(17)14-7-10/h5-7,16H,3-4,8-9H2,1-2H3,(H,14,17)(H,15,18). The van der Waals surface area contributed by atoms with Gasteiger partial charge in [0.15, 0.2) is 0 Å². The largest absolute Gasteiger partial charge is 0.396 e. The fourth-order valence-electron chi connectivity index (χ4n) is 1.70. The van der Waals surface area contributed by atoms with Crippen LogP contribution in [0.15, 0.2) is 23.1 Å². The second kappa shape index (κ2) is 6.35. The van der Waals surface area contributed by atoms with Gasteiger partial charge in [-0.3, -0.25) is 9.59 Å². The van der Waals surface area contributed by atoms with Gasteiger partial charge in [0, 0.05) is 24.2 Å². The van der Waals surface area contributed by atoms with Crippen LogP contribution in [0, 0.1) is 5.41 Å². The molecular weight excluding hydrogens is 232 g/mol. The van der Waals surface area contributed by atoms with Crippen molar-refractivity contribution in [2.24, 2.45) is 5.41 Å². The average Bonchev–Trinajstić information content (AvgIpc) is 2.41. The van der Waals surface area contributed by atoms with Crippen LogP contribution in [0.4, 0.5) is 0 Å². The molecule has 1 aromatic heterocycles. The lowest BCUT2D eigenvalue weighted by atomic mass is 9.83. The van der Waals surface area contributed by atoms with Gasteiger partial charge >= 0.3 is 0 Å². The molecule has 18 heavy (non-hydrogen) atoms. The molecule has 0 aromatic carbocycles. The number of hydrogen-bond acceptors (Lipinski definition) is 3. The number of aliphatic hydroxyl groups is 1. The first kappa shape index (κ1) is 14.4. The molecule has 1 heterocycles. The molecule has 3 N–H and O–H groups in total. The van der Waals surface area contributed by atoms with Crippen molar-refractivity contribution in [2.45, 2.75) is 26.7 Å². The highest BCUT2D eigenvalue weighted by molar-refractivity contribution is 5.93. The van der Waals surface area contributed by atoms with Crippen LogP contribution < -0.4 is 10.9 Å². The molecule has 0 unspecified atom stereocenters. The van der Waals surface area contributed by atoms with E-state index in [1.807, 2.05) is 13.8 Å². The van der Waals surface area contributed by atoms with E-state index in [0.29, 0.717) is 12.1 Å². The minimum atomic E-state index is -0.266. The van der Waals surface area contributed by atoms with E-state index in [0.717, 1.165) is 12.8 Å². The van der Waals surface area contributed by atoms with Crippen molar-refractivity contribution in [3.63, 3.8) is 0 Å². The number of H-pyrrole nitrogens is 1. The Balaban J connectivity index is 2.65. The van der Waals surface area contributed by atoms with Crippen LogP contribution >= 0.6 is 0 Å². The summed E-state index contributed by atoms with van der Waals surface area (Å²) in [6.07, 6.45) is 2.98. The quantitative estimate of drug-likeness (QED) is 0.703. The summed E-state index contributed by atoms with van der Waals surface area (Å²) in [7, 11) is 0. The predicted molar refractivity (Wildman–Crippen MR) is 69.5 cm³/mol. The summed E-state index contributed by atoms with van der Waals surface area (Å²) < 4.78 is 0. The molecule has 1 aromatic rings. The minimum Gasteiger partial charge on any atom is -0.396 e. The maximum atomic E-state index is 11.8. The van der Waals surface area contributed by atoms with Crippen molar-refractivity contribution in [3.8, 4) is 0 Å². The number of amides is 1. The number of aliphatic hydroxyl groups excluding tert-OH is 1. The van der Waals surface area contributed by atoms with Gasteiger partial charge in [-0.2, -0.15) is 0 Å². The zero-order chi connectivity index (χ0) is 13.6. The molecule has 0 spiro atoms. The third-order valence-electron chi connectivity index (χ3n) is 3.51. The highest BCUT2D eigenvalue weighted by atomic mass is 16.3. The van der Waals surface area contributed by atoms with Gasteiger partial charge in [-0.25, -0.2) is 0 Å². The van der Waals surface area contributed by atoms with Crippen molar-refractivity contribution >= 4 is 5.91 Å². The monoisotopic (exact) mass is 252 g/mol. The number of aromatic nitrogens is 1. The number of carbonyl (C=O) groups is 1. The Labute approximate surface area is 106 Å². The Morgan fingerprint density at radius 1 is 1.39 bits per heavy atom. The summed E-state index contributed by atoms with van der Waals surface area (Å²) in [5.41, 5.74) is -0.0929. The summed E-state index contributed by atoms with van der Waals surface area (Å²) in [6, 6.07) is 2.79. The molecular formula is C13H20N2O3. The third kappa shape index (κ3) is 3.43. The number of rotatable bonds is 6. The second-order valence-corrected chi connectivity index (χ2v) is 4.49. The highest BCUT2D eigenvalue weighted by Crippen LogP contribution is 2.24. The zero-order valence-corrected chi connectivity index (χ0v) is 10.8. The van der Waals surface area contributed by atoms with Crippen LogP contribution in [0.25, 0.3) is 0 Å². The molecule has 0 fully saturated rings. The predicted octanol–water partition coefficient (Wildman–Crippen LogP) is 0.903. The molecule has 0 aliphatic rings. The molecule has 1 amide bonds. The van der Waals surface area contributed by atoms with Crippen LogP contribution in [0.3, 0.4) is 0 Å².